The summed E-state index contributed by atoms with van der Waals surface area (Å²) in [6.07, 6.45) is 0. The van der Waals surface area contributed by atoms with Crippen molar-refractivity contribution < 1.29 is 0 Å². The SMILES string of the molecule is c1ccc(-c2ccc(-c3cccc(-n4c5ccccc5c5cc(-c6ccc7c(c6)c6ccccc6n7-c6ccc(-c7ccccc7)cc6)ccc54)c3)cc2)cc1.c1ccc(-c2ccc(-n3c4ccccc4c4cc(-c5ccc6c(c5)c5ccccc5n6-c5ccc6c7ccccc7c7ccccc7c6c5)ccc43)cc2)cc1. The van der Waals surface area contributed by atoms with E-state index >= 15 is 0 Å². The van der Waals surface area contributed by atoms with Crippen LogP contribution in [0.4, 0.5) is 0 Å². The number of fused-ring (bicyclic) bond motifs is 18. The normalized spacial score (nSPS) is 11.8. The van der Waals surface area contributed by atoms with Crippen LogP contribution < -0.4 is 0 Å². The highest BCUT2D eigenvalue weighted by molar-refractivity contribution is 6.26. The molecule has 4 aromatic heterocycles. The molecule has 522 valence electrons. The fourth-order valence-electron chi connectivity index (χ4n) is 17.9. The molecule has 4 heterocycles. The van der Waals surface area contributed by atoms with Crippen molar-refractivity contribution in [1.82, 2.24) is 18.3 Å². The first kappa shape index (κ1) is 64.3. The smallest absolute Gasteiger partial charge is 0.0541 e. The molecule has 0 atom stereocenters. The van der Waals surface area contributed by atoms with Crippen molar-refractivity contribution in [3.8, 4) is 89.5 Å². The molecule has 0 bridgehead atoms. The van der Waals surface area contributed by atoms with E-state index in [9.17, 15) is 0 Å². The monoisotopic (exact) mass is 1420 g/mol. The predicted molar refractivity (Wildman–Crippen MR) is 475 cm³/mol. The third-order valence-corrected chi connectivity index (χ3v) is 23.2. The number of hydrogen-bond acceptors (Lipinski definition) is 0. The average molecular weight is 1420 g/mol. The highest BCUT2D eigenvalue weighted by Gasteiger charge is 2.21. The second-order valence-electron chi connectivity index (χ2n) is 29.5. The van der Waals surface area contributed by atoms with Gasteiger partial charge < -0.3 is 18.3 Å². The maximum absolute atomic E-state index is 2.44. The summed E-state index contributed by atoms with van der Waals surface area (Å²) >= 11 is 0. The zero-order chi connectivity index (χ0) is 73.7. The average Bonchev–Trinajstić information content (AvgIpc) is 1.31. The van der Waals surface area contributed by atoms with Crippen molar-refractivity contribution in [2.45, 2.75) is 0 Å². The van der Waals surface area contributed by atoms with E-state index in [1.165, 1.54) is 192 Å². The van der Waals surface area contributed by atoms with E-state index in [1.54, 1.807) is 0 Å². The van der Waals surface area contributed by atoms with Crippen molar-refractivity contribution in [3.63, 3.8) is 0 Å². The van der Waals surface area contributed by atoms with Crippen molar-refractivity contribution in [1.29, 1.82) is 0 Å². The molecule has 4 nitrogen and oxygen atoms in total. The standard InChI is InChI=1S/C54H34N2.C54H36N2/c1-2-12-35(13-3-1)36-22-26-39(27-23-36)55-51-20-10-8-18-46(51)49-32-37(24-30-53(49)55)38-25-31-54-50(33-38)47-19-9-11-21-52(47)56(54)40-28-29-45-43-16-5-4-14-41(43)42-15-6-7-17-44(42)48(45)34-40;1-3-12-37(13-4-1)39-22-24-41(25-23-39)42-16-11-17-46(34-42)56-52-21-10-8-19-48(52)50-36-44(29-33-54(50)56)43-28-32-53-49(35-43)47-18-7-9-20-51(47)55(53)45-30-26-40(27-31-45)38-14-5-2-6-15-38/h1-34H;1-36H. The summed E-state index contributed by atoms with van der Waals surface area (Å²) in [5, 5.41) is 17.7. The van der Waals surface area contributed by atoms with E-state index in [2.05, 4.69) is 443 Å². The number of nitrogens with zero attached hydrogens (tertiary/aromatic N) is 4. The zero-order valence-corrected chi connectivity index (χ0v) is 61.2. The topological polar surface area (TPSA) is 19.7 Å². The van der Waals surface area contributed by atoms with Crippen LogP contribution in [0.25, 0.3) is 209 Å². The van der Waals surface area contributed by atoms with E-state index in [-0.39, 0.29) is 0 Å². The van der Waals surface area contributed by atoms with Gasteiger partial charge >= 0.3 is 0 Å². The minimum Gasteiger partial charge on any atom is -0.309 e. The molecule has 23 aromatic rings. The van der Waals surface area contributed by atoms with Crippen molar-refractivity contribution >= 4 is 120 Å². The fourth-order valence-corrected chi connectivity index (χ4v) is 17.9. The minimum absolute atomic E-state index is 1.15. The Hall–Kier alpha value is -14.8. The van der Waals surface area contributed by atoms with Gasteiger partial charge in [0.15, 0.2) is 0 Å². The van der Waals surface area contributed by atoms with Crippen molar-refractivity contribution in [2.75, 3.05) is 0 Å². The van der Waals surface area contributed by atoms with Crippen LogP contribution in [0.5, 0.6) is 0 Å². The summed E-state index contributed by atoms with van der Waals surface area (Å²) in [4.78, 5) is 0. The van der Waals surface area contributed by atoms with Crippen LogP contribution in [-0.4, -0.2) is 18.3 Å². The Morgan fingerprint density at radius 2 is 0.312 bits per heavy atom. The van der Waals surface area contributed by atoms with Gasteiger partial charge in [-0.15, -0.1) is 0 Å². The summed E-state index contributed by atoms with van der Waals surface area (Å²) in [5.74, 6) is 0. The molecule has 0 N–H and O–H groups in total. The zero-order valence-electron chi connectivity index (χ0n) is 61.2. The second-order valence-corrected chi connectivity index (χ2v) is 29.5. The summed E-state index contributed by atoms with van der Waals surface area (Å²) in [6, 6.07) is 155. The van der Waals surface area contributed by atoms with Crippen LogP contribution in [0.3, 0.4) is 0 Å². The highest BCUT2D eigenvalue weighted by atomic mass is 15.0. The van der Waals surface area contributed by atoms with Crippen LogP contribution in [0.1, 0.15) is 0 Å². The van der Waals surface area contributed by atoms with Gasteiger partial charge in [0, 0.05) is 65.8 Å². The molecule has 23 rings (SSSR count). The van der Waals surface area contributed by atoms with Crippen LogP contribution in [0.15, 0.2) is 425 Å². The van der Waals surface area contributed by atoms with Gasteiger partial charge in [-0.2, -0.15) is 0 Å². The first-order chi connectivity index (χ1) is 55.5. The quantitative estimate of drug-likeness (QED) is 0.122. The van der Waals surface area contributed by atoms with Gasteiger partial charge in [-0.05, 0) is 220 Å². The Bertz CT molecular complexity index is 7590. The molecule has 0 fully saturated rings. The minimum atomic E-state index is 1.15. The van der Waals surface area contributed by atoms with E-state index in [0.29, 0.717) is 0 Å². The number of rotatable bonds is 10. The molecule has 0 saturated heterocycles. The van der Waals surface area contributed by atoms with Gasteiger partial charge in [0.25, 0.3) is 0 Å². The molecule has 0 unspecified atom stereocenters. The Labute approximate surface area is 647 Å². The molecule has 112 heavy (non-hydrogen) atoms. The van der Waals surface area contributed by atoms with Crippen LogP contribution >= 0.6 is 0 Å². The summed E-state index contributed by atoms with van der Waals surface area (Å²) in [6.45, 7) is 0. The van der Waals surface area contributed by atoms with E-state index in [1.807, 2.05) is 0 Å². The lowest BCUT2D eigenvalue weighted by Gasteiger charge is -2.14. The number of para-hydroxylation sites is 4. The van der Waals surface area contributed by atoms with E-state index in [0.717, 1.165) is 17.1 Å². The molecule has 0 amide bonds. The lowest BCUT2D eigenvalue weighted by molar-refractivity contribution is 1.18. The van der Waals surface area contributed by atoms with Gasteiger partial charge in [0.1, 0.15) is 0 Å². The third kappa shape index (κ3) is 10.7. The van der Waals surface area contributed by atoms with Crippen molar-refractivity contribution in [2.24, 2.45) is 0 Å². The van der Waals surface area contributed by atoms with Gasteiger partial charge in [0.2, 0.25) is 0 Å². The van der Waals surface area contributed by atoms with Crippen molar-refractivity contribution in [3.05, 3.63) is 425 Å². The van der Waals surface area contributed by atoms with Crippen LogP contribution in [0.2, 0.25) is 0 Å². The van der Waals surface area contributed by atoms with Gasteiger partial charge in [0.05, 0.1) is 44.1 Å². The lowest BCUT2D eigenvalue weighted by Crippen LogP contribution is -1.94. The number of aromatic nitrogens is 4. The first-order valence-corrected chi connectivity index (χ1v) is 38.6. The third-order valence-electron chi connectivity index (χ3n) is 23.2. The summed E-state index contributed by atoms with van der Waals surface area (Å²) in [5.41, 5.74) is 28.9. The lowest BCUT2D eigenvalue weighted by atomic mass is 9.94. The van der Waals surface area contributed by atoms with E-state index in [4.69, 9.17) is 0 Å². The molecule has 0 aliphatic carbocycles. The summed E-state index contributed by atoms with van der Waals surface area (Å²) < 4.78 is 9.65. The second kappa shape index (κ2) is 26.5. The molecular weight excluding hydrogens is 1350 g/mol. The maximum Gasteiger partial charge on any atom is 0.0541 e. The molecule has 4 heteroatoms. The molecule has 0 radical (unpaired) electrons. The maximum atomic E-state index is 2.44. The molecular formula is C108H70N4. The molecule has 19 aromatic carbocycles. The fraction of sp³-hybridized carbons (Fsp3) is 0. The highest BCUT2D eigenvalue weighted by Crippen LogP contribution is 2.44. The Balaban J connectivity index is 0.000000137. The summed E-state index contributed by atoms with van der Waals surface area (Å²) in [7, 11) is 0. The van der Waals surface area contributed by atoms with Gasteiger partial charge in [-0.1, -0.05) is 303 Å². The number of hydrogen-bond donors (Lipinski definition) is 0. The molecule has 0 aliphatic rings. The first-order valence-electron chi connectivity index (χ1n) is 38.6. The Morgan fingerprint density at radius 1 is 0.0982 bits per heavy atom. The van der Waals surface area contributed by atoms with Gasteiger partial charge in [-0.3, -0.25) is 0 Å². The van der Waals surface area contributed by atoms with Gasteiger partial charge in [-0.25, -0.2) is 0 Å². The van der Waals surface area contributed by atoms with E-state index < -0.39 is 0 Å². The molecule has 0 saturated carbocycles. The largest absolute Gasteiger partial charge is 0.309 e. The number of benzene rings is 19. The molecule has 0 spiro atoms. The predicted octanol–water partition coefficient (Wildman–Crippen LogP) is 29.2. The Kier molecular flexibility index (Phi) is 15.2. The molecule has 0 aliphatic heterocycles. The van der Waals surface area contributed by atoms with Crippen LogP contribution in [0, 0.1) is 0 Å². The Morgan fingerprint density at radius 3 is 0.661 bits per heavy atom. The van der Waals surface area contributed by atoms with Crippen LogP contribution in [-0.2, 0) is 0 Å².